The number of anilines is 2. The van der Waals surface area contributed by atoms with E-state index in [2.05, 4.69) is 31.2 Å². The molecule has 0 aliphatic carbocycles. The molecule has 4 rings (SSSR count). The van der Waals surface area contributed by atoms with Gasteiger partial charge in [-0.15, -0.1) is 0 Å². The van der Waals surface area contributed by atoms with Gasteiger partial charge in [-0.25, -0.2) is 14.4 Å². The standard InChI is InChI=1S/C27H32BrFN4O6/c1-37-19-5-7-33(8-6-19)26(36)11-17(34)10-18(35)14-39-25-13-23-20(12-24(25)38-2)27(31-15-30-23)32-22-4-3-16(28)9-21(22)29/h3-4,9,12-13,15,17-19,34-35H,5-8,10-11,14H2,1-2H3,(H,30,31,32). The number of likely N-dealkylation sites (tertiary alicyclic amines) is 1. The zero-order valence-corrected chi connectivity index (χ0v) is 23.4. The minimum absolute atomic E-state index is 0.0227. The summed E-state index contributed by atoms with van der Waals surface area (Å²) in [6.07, 6.45) is 0.931. The van der Waals surface area contributed by atoms with Gasteiger partial charge in [0.15, 0.2) is 11.5 Å². The van der Waals surface area contributed by atoms with Crippen LogP contribution in [0.25, 0.3) is 10.9 Å². The number of nitrogens with one attached hydrogen (secondary N) is 1. The molecule has 2 heterocycles. The van der Waals surface area contributed by atoms with Crippen molar-refractivity contribution in [2.45, 2.75) is 44.0 Å². The van der Waals surface area contributed by atoms with E-state index in [1.807, 2.05) is 0 Å². The Morgan fingerprint density at radius 3 is 2.62 bits per heavy atom. The molecule has 2 unspecified atom stereocenters. The van der Waals surface area contributed by atoms with Gasteiger partial charge in [0.05, 0.1) is 43.0 Å². The van der Waals surface area contributed by atoms with Crippen molar-refractivity contribution < 1.29 is 33.6 Å². The van der Waals surface area contributed by atoms with Crippen molar-refractivity contribution in [1.29, 1.82) is 0 Å². The molecule has 10 nitrogen and oxygen atoms in total. The summed E-state index contributed by atoms with van der Waals surface area (Å²) in [4.78, 5) is 22.7. The number of carbonyl (C=O) groups excluding carboxylic acids is 1. The van der Waals surface area contributed by atoms with Crippen LogP contribution >= 0.6 is 15.9 Å². The molecule has 1 aliphatic heterocycles. The first-order chi connectivity index (χ1) is 18.8. The Morgan fingerprint density at radius 2 is 1.92 bits per heavy atom. The Balaban J connectivity index is 1.36. The Morgan fingerprint density at radius 1 is 1.15 bits per heavy atom. The van der Waals surface area contributed by atoms with Crippen LogP contribution in [-0.2, 0) is 9.53 Å². The lowest BCUT2D eigenvalue weighted by atomic mass is 10.0. The van der Waals surface area contributed by atoms with Gasteiger partial charge >= 0.3 is 0 Å². The molecule has 1 aromatic heterocycles. The third-order valence-electron chi connectivity index (χ3n) is 6.62. The molecule has 1 fully saturated rings. The zero-order valence-electron chi connectivity index (χ0n) is 21.8. The van der Waals surface area contributed by atoms with Crippen molar-refractivity contribution in [1.82, 2.24) is 14.9 Å². The number of amides is 1. The highest BCUT2D eigenvalue weighted by atomic mass is 79.9. The quantitative estimate of drug-likeness (QED) is 0.299. The number of methoxy groups -OCH3 is 2. The first-order valence-corrected chi connectivity index (χ1v) is 13.4. The monoisotopic (exact) mass is 606 g/mol. The molecular formula is C27H32BrFN4O6. The number of rotatable bonds is 11. The van der Waals surface area contributed by atoms with E-state index < -0.39 is 18.0 Å². The van der Waals surface area contributed by atoms with Crippen LogP contribution in [0.5, 0.6) is 11.5 Å². The summed E-state index contributed by atoms with van der Waals surface area (Å²) in [6, 6.07) is 7.95. The summed E-state index contributed by atoms with van der Waals surface area (Å²) < 4.78 is 31.6. The first kappa shape index (κ1) is 28.9. The van der Waals surface area contributed by atoms with Crippen LogP contribution < -0.4 is 14.8 Å². The largest absolute Gasteiger partial charge is 0.493 e. The van der Waals surface area contributed by atoms with E-state index in [9.17, 15) is 19.4 Å². The van der Waals surface area contributed by atoms with Crippen molar-refractivity contribution >= 4 is 44.2 Å². The molecule has 210 valence electrons. The minimum atomic E-state index is -1.02. The summed E-state index contributed by atoms with van der Waals surface area (Å²) in [6.45, 7) is 1.05. The average molecular weight is 607 g/mol. The number of halogens is 2. The smallest absolute Gasteiger partial charge is 0.225 e. The van der Waals surface area contributed by atoms with Gasteiger partial charge in [0.1, 0.15) is 24.6 Å². The number of hydrogen-bond donors (Lipinski definition) is 3. The number of hydrogen-bond acceptors (Lipinski definition) is 9. The Hall–Kier alpha value is -3.06. The van der Waals surface area contributed by atoms with Gasteiger partial charge in [-0.2, -0.15) is 0 Å². The summed E-state index contributed by atoms with van der Waals surface area (Å²) in [7, 11) is 3.14. The summed E-state index contributed by atoms with van der Waals surface area (Å²) in [5, 5.41) is 24.4. The molecule has 3 aromatic rings. The highest BCUT2D eigenvalue weighted by Crippen LogP contribution is 2.35. The number of aromatic nitrogens is 2. The van der Waals surface area contributed by atoms with Crippen LogP contribution in [0.4, 0.5) is 15.9 Å². The summed E-state index contributed by atoms with van der Waals surface area (Å²) >= 11 is 3.24. The average Bonchev–Trinajstić information content (AvgIpc) is 2.93. The highest BCUT2D eigenvalue weighted by Gasteiger charge is 2.25. The molecule has 2 atom stereocenters. The maximum absolute atomic E-state index is 14.4. The van der Waals surface area contributed by atoms with E-state index in [0.717, 1.165) is 12.8 Å². The Bertz CT molecular complexity index is 1290. The van der Waals surface area contributed by atoms with Crippen LogP contribution in [0, 0.1) is 5.82 Å². The number of carbonyl (C=O) groups is 1. The summed E-state index contributed by atoms with van der Waals surface area (Å²) in [5.41, 5.74) is 0.760. The fourth-order valence-electron chi connectivity index (χ4n) is 4.48. The van der Waals surface area contributed by atoms with E-state index in [-0.39, 0.29) is 37.1 Å². The molecule has 12 heteroatoms. The molecule has 0 spiro atoms. The fraction of sp³-hybridized carbons (Fsp3) is 0.444. The Kier molecular flexibility index (Phi) is 9.89. The number of benzene rings is 2. The number of aliphatic hydroxyl groups is 2. The number of piperidine rings is 1. The van der Waals surface area contributed by atoms with E-state index in [1.54, 1.807) is 36.3 Å². The SMILES string of the molecule is COc1cc2c(Nc3ccc(Br)cc3F)ncnc2cc1OCC(O)CC(O)CC(=O)N1CCC(OC)CC1. The van der Waals surface area contributed by atoms with Gasteiger partial charge in [0.2, 0.25) is 5.91 Å². The molecule has 2 aromatic carbocycles. The minimum Gasteiger partial charge on any atom is -0.493 e. The van der Waals surface area contributed by atoms with Crippen LogP contribution in [0.3, 0.4) is 0 Å². The van der Waals surface area contributed by atoms with Gasteiger partial charge in [0, 0.05) is 42.5 Å². The lowest BCUT2D eigenvalue weighted by Crippen LogP contribution is -2.42. The van der Waals surface area contributed by atoms with Crippen molar-refractivity contribution in [3.05, 3.63) is 46.9 Å². The van der Waals surface area contributed by atoms with Gasteiger partial charge < -0.3 is 34.6 Å². The summed E-state index contributed by atoms with van der Waals surface area (Å²) in [5.74, 6) is 0.476. The number of aliphatic hydroxyl groups excluding tert-OH is 2. The highest BCUT2D eigenvalue weighted by molar-refractivity contribution is 9.10. The van der Waals surface area contributed by atoms with E-state index in [0.29, 0.717) is 45.8 Å². The lowest BCUT2D eigenvalue weighted by Gasteiger charge is -2.32. The van der Waals surface area contributed by atoms with E-state index in [1.165, 1.54) is 19.5 Å². The molecular weight excluding hydrogens is 575 g/mol. The van der Waals surface area contributed by atoms with Crippen molar-refractivity contribution in [3.63, 3.8) is 0 Å². The van der Waals surface area contributed by atoms with Gasteiger partial charge in [0.25, 0.3) is 0 Å². The van der Waals surface area contributed by atoms with Gasteiger partial charge in [-0.3, -0.25) is 4.79 Å². The zero-order chi connectivity index (χ0) is 27.9. The molecule has 0 bridgehead atoms. The molecule has 0 saturated carbocycles. The number of ether oxygens (including phenoxy) is 3. The molecule has 1 amide bonds. The Labute approximate surface area is 234 Å². The van der Waals surface area contributed by atoms with Crippen molar-refractivity contribution in [2.75, 3.05) is 39.2 Å². The molecule has 1 aliphatic rings. The molecule has 0 radical (unpaired) electrons. The van der Waals surface area contributed by atoms with Crippen molar-refractivity contribution in [3.8, 4) is 11.5 Å². The predicted octanol–water partition coefficient (Wildman–Crippen LogP) is 3.80. The predicted molar refractivity (Wildman–Crippen MR) is 147 cm³/mol. The molecule has 39 heavy (non-hydrogen) atoms. The third kappa shape index (κ3) is 7.53. The maximum atomic E-state index is 14.4. The lowest BCUT2D eigenvalue weighted by molar-refractivity contribution is -0.136. The third-order valence-corrected chi connectivity index (χ3v) is 7.11. The maximum Gasteiger partial charge on any atom is 0.225 e. The van der Waals surface area contributed by atoms with Crippen LogP contribution in [-0.4, -0.2) is 83.2 Å². The second kappa shape index (κ2) is 13.3. The van der Waals surface area contributed by atoms with Gasteiger partial charge in [-0.05, 0) is 37.1 Å². The number of nitrogens with zero attached hydrogens (tertiary/aromatic N) is 3. The van der Waals surface area contributed by atoms with Crippen LogP contribution in [0.1, 0.15) is 25.7 Å². The fourth-order valence-corrected chi connectivity index (χ4v) is 4.81. The topological polar surface area (TPSA) is 126 Å². The van der Waals surface area contributed by atoms with Crippen molar-refractivity contribution in [2.24, 2.45) is 0 Å². The van der Waals surface area contributed by atoms with Crippen LogP contribution in [0.2, 0.25) is 0 Å². The second-order valence-corrected chi connectivity index (χ2v) is 10.3. The first-order valence-electron chi connectivity index (χ1n) is 12.6. The molecule has 3 N–H and O–H groups in total. The van der Waals surface area contributed by atoms with Gasteiger partial charge in [-0.1, -0.05) is 15.9 Å². The second-order valence-electron chi connectivity index (χ2n) is 9.37. The van der Waals surface area contributed by atoms with E-state index >= 15 is 0 Å². The molecule has 1 saturated heterocycles. The normalized spacial score (nSPS) is 15.7. The van der Waals surface area contributed by atoms with Crippen LogP contribution in [0.15, 0.2) is 41.1 Å². The number of fused-ring (bicyclic) bond motifs is 1. The van der Waals surface area contributed by atoms with E-state index in [4.69, 9.17) is 14.2 Å².